The maximum Gasteiger partial charge on any atom is 0.534 e. The van der Waals surface area contributed by atoms with E-state index in [1.807, 2.05) is 41.5 Å². The van der Waals surface area contributed by atoms with Crippen molar-refractivity contribution in [2.24, 2.45) is 10.8 Å². The molecule has 2 amide bonds. The molecule has 0 N–H and O–H groups in total. The van der Waals surface area contributed by atoms with Gasteiger partial charge in [-0.15, -0.1) is 0 Å². The van der Waals surface area contributed by atoms with Crippen molar-refractivity contribution in [2.75, 3.05) is 0 Å². The van der Waals surface area contributed by atoms with Gasteiger partial charge in [0, 0.05) is 18.3 Å². The van der Waals surface area contributed by atoms with E-state index in [4.69, 9.17) is 19.0 Å². The fourth-order valence-electron chi connectivity index (χ4n) is 4.97. The molecule has 27 heavy (non-hydrogen) atoms. The van der Waals surface area contributed by atoms with Crippen LogP contribution in [-0.2, 0) is 28.6 Å². The molecule has 0 bridgehead atoms. The van der Waals surface area contributed by atoms with Gasteiger partial charge in [-0.25, -0.2) is 4.79 Å². The zero-order valence-electron chi connectivity index (χ0n) is 17.3. The summed E-state index contributed by atoms with van der Waals surface area (Å²) in [5, 5.41) is 0.479. The number of fused-ring (bicyclic) bond motifs is 1. The standard InChI is InChI=1S/C19H29NO7/c1-15(2)13(24-14(23)25-20-11(21)9-10-12(20)22)18(7)16(3,4)17(5,6)27-19(18,8)26-15/h13H,9-10H2,1-8H3/t13?,18-,19+/m1/s1. The van der Waals surface area contributed by atoms with Gasteiger partial charge in [0.2, 0.25) is 0 Å². The Morgan fingerprint density at radius 2 is 1.48 bits per heavy atom. The van der Waals surface area contributed by atoms with Crippen LogP contribution in [0.2, 0.25) is 0 Å². The van der Waals surface area contributed by atoms with Crippen molar-refractivity contribution in [3.05, 3.63) is 0 Å². The Morgan fingerprint density at radius 3 is 2.00 bits per heavy atom. The monoisotopic (exact) mass is 383 g/mol. The quantitative estimate of drug-likeness (QED) is 0.535. The molecule has 3 atom stereocenters. The molecule has 0 spiro atoms. The normalized spacial score (nSPS) is 38.8. The summed E-state index contributed by atoms with van der Waals surface area (Å²) in [7, 11) is 0. The zero-order valence-corrected chi connectivity index (χ0v) is 17.3. The lowest BCUT2D eigenvalue weighted by Gasteiger charge is -2.46. The highest BCUT2D eigenvalue weighted by atomic mass is 16.8. The number of hydrogen-bond donors (Lipinski definition) is 0. The summed E-state index contributed by atoms with van der Waals surface area (Å²) < 4.78 is 18.3. The van der Waals surface area contributed by atoms with Crippen LogP contribution >= 0.6 is 0 Å². The molecule has 3 heterocycles. The van der Waals surface area contributed by atoms with Crippen LogP contribution in [0.25, 0.3) is 0 Å². The molecule has 0 radical (unpaired) electrons. The second-order valence-corrected chi connectivity index (χ2v) is 9.51. The fourth-order valence-corrected chi connectivity index (χ4v) is 4.97. The van der Waals surface area contributed by atoms with Gasteiger partial charge in [0.15, 0.2) is 5.79 Å². The zero-order chi connectivity index (χ0) is 20.6. The average molecular weight is 383 g/mol. The maximum absolute atomic E-state index is 12.5. The molecule has 3 saturated heterocycles. The summed E-state index contributed by atoms with van der Waals surface area (Å²) >= 11 is 0. The lowest BCUT2D eigenvalue weighted by Crippen LogP contribution is -2.56. The minimum atomic E-state index is -1.11. The fraction of sp³-hybridized carbons (Fsp3) is 0.842. The van der Waals surface area contributed by atoms with Gasteiger partial charge in [-0.2, -0.15) is 0 Å². The lowest BCUT2D eigenvalue weighted by atomic mass is 9.55. The predicted molar refractivity (Wildman–Crippen MR) is 93.1 cm³/mol. The van der Waals surface area contributed by atoms with E-state index in [2.05, 4.69) is 13.8 Å². The molecule has 0 aromatic heterocycles. The number of nitrogens with zero attached hydrogens (tertiary/aromatic N) is 1. The SMILES string of the molecule is CC1(C)O[C@@]2(C)OC(C)(C)C(C)(C)[C@@]2(C)C1OC(=O)ON1C(=O)CCC1=O. The first-order valence-electron chi connectivity index (χ1n) is 9.24. The van der Waals surface area contributed by atoms with Gasteiger partial charge < -0.3 is 14.2 Å². The third kappa shape index (κ3) is 2.45. The van der Waals surface area contributed by atoms with Gasteiger partial charge in [0.05, 0.1) is 11.0 Å². The predicted octanol–water partition coefficient (Wildman–Crippen LogP) is 2.94. The molecule has 3 fully saturated rings. The molecular weight excluding hydrogens is 354 g/mol. The largest absolute Gasteiger partial charge is 0.534 e. The van der Waals surface area contributed by atoms with Gasteiger partial charge in [-0.1, -0.05) is 25.8 Å². The highest BCUT2D eigenvalue weighted by Crippen LogP contribution is 2.70. The number of carbonyl (C=O) groups is 3. The number of hydrogen-bond acceptors (Lipinski definition) is 7. The van der Waals surface area contributed by atoms with Crippen molar-refractivity contribution in [3.8, 4) is 0 Å². The average Bonchev–Trinajstić information content (AvgIpc) is 2.91. The summed E-state index contributed by atoms with van der Waals surface area (Å²) in [5.74, 6) is -2.10. The Morgan fingerprint density at radius 1 is 0.963 bits per heavy atom. The van der Waals surface area contributed by atoms with E-state index >= 15 is 0 Å². The molecule has 8 heteroatoms. The van der Waals surface area contributed by atoms with E-state index in [9.17, 15) is 14.4 Å². The van der Waals surface area contributed by atoms with E-state index in [-0.39, 0.29) is 12.8 Å². The number of ether oxygens (including phenoxy) is 3. The first-order chi connectivity index (χ1) is 12.1. The van der Waals surface area contributed by atoms with Crippen molar-refractivity contribution in [1.82, 2.24) is 5.06 Å². The molecule has 0 aliphatic carbocycles. The Bertz CT molecular complexity index is 697. The highest BCUT2D eigenvalue weighted by molar-refractivity contribution is 6.01. The van der Waals surface area contributed by atoms with Crippen LogP contribution in [0.15, 0.2) is 0 Å². The Hall–Kier alpha value is -1.67. The third-order valence-corrected chi connectivity index (χ3v) is 7.20. The van der Waals surface area contributed by atoms with E-state index in [0.717, 1.165) is 0 Å². The van der Waals surface area contributed by atoms with Crippen LogP contribution in [0.1, 0.15) is 68.2 Å². The number of hydroxylamine groups is 2. The minimum absolute atomic E-state index is 0.0228. The Kier molecular flexibility index (Phi) is 4.05. The Balaban J connectivity index is 1.90. The summed E-state index contributed by atoms with van der Waals surface area (Å²) in [4.78, 5) is 40.8. The molecule has 0 saturated carbocycles. The molecule has 1 unspecified atom stereocenters. The van der Waals surface area contributed by atoms with Gasteiger partial charge in [0.1, 0.15) is 11.7 Å². The smallest absolute Gasteiger partial charge is 0.425 e. The number of amides is 2. The molecular formula is C19H29NO7. The van der Waals surface area contributed by atoms with E-state index in [1.165, 1.54) is 0 Å². The van der Waals surface area contributed by atoms with E-state index < -0.39 is 51.9 Å². The van der Waals surface area contributed by atoms with Crippen molar-refractivity contribution < 1.29 is 33.4 Å². The number of rotatable bonds is 2. The van der Waals surface area contributed by atoms with Gasteiger partial charge in [-0.3, -0.25) is 14.4 Å². The maximum atomic E-state index is 12.5. The van der Waals surface area contributed by atoms with Crippen LogP contribution in [0.4, 0.5) is 4.79 Å². The van der Waals surface area contributed by atoms with Crippen LogP contribution in [0.3, 0.4) is 0 Å². The summed E-state index contributed by atoms with van der Waals surface area (Å²) in [6, 6.07) is 0. The second-order valence-electron chi connectivity index (χ2n) is 9.51. The van der Waals surface area contributed by atoms with Crippen LogP contribution in [-0.4, -0.2) is 46.1 Å². The summed E-state index contributed by atoms with van der Waals surface area (Å²) in [6.07, 6.45) is -1.79. The Labute approximate surface area is 159 Å². The van der Waals surface area contributed by atoms with Crippen LogP contribution < -0.4 is 0 Å². The first-order valence-corrected chi connectivity index (χ1v) is 9.24. The highest BCUT2D eigenvalue weighted by Gasteiger charge is 2.79. The van der Waals surface area contributed by atoms with Crippen molar-refractivity contribution in [3.63, 3.8) is 0 Å². The molecule has 3 rings (SSSR count). The topological polar surface area (TPSA) is 91.4 Å². The lowest BCUT2D eigenvalue weighted by molar-refractivity contribution is -0.264. The summed E-state index contributed by atoms with van der Waals surface area (Å²) in [6.45, 7) is 15.5. The third-order valence-electron chi connectivity index (χ3n) is 7.20. The minimum Gasteiger partial charge on any atom is -0.425 e. The molecule has 0 aromatic carbocycles. The van der Waals surface area contributed by atoms with Crippen molar-refractivity contribution in [2.45, 2.75) is 91.3 Å². The van der Waals surface area contributed by atoms with E-state index in [1.54, 1.807) is 0 Å². The van der Waals surface area contributed by atoms with Crippen LogP contribution in [0.5, 0.6) is 0 Å². The molecule has 152 valence electrons. The van der Waals surface area contributed by atoms with Crippen LogP contribution in [0, 0.1) is 10.8 Å². The van der Waals surface area contributed by atoms with Crippen molar-refractivity contribution in [1.29, 1.82) is 0 Å². The van der Waals surface area contributed by atoms with Gasteiger partial charge in [-0.05, 0) is 34.6 Å². The van der Waals surface area contributed by atoms with Gasteiger partial charge >= 0.3 is 6.16 Å². The number of carbonyl (C=O) groups excluding carboxylic acids is 3. The molecule has 3 aliphatic rings. The van der Waals surface area contributed by atoms with Gasteiger partial charge in [0.25, 0.3) is 11.8 Å². The summed E-state index contributed by atoms with van der Waals surface area (Å²) in [5.41, 5.74) is -2.56. The van der Waals surface area contributed by atoms with E-state index in [0.29, 0.717) is 5.06 Å². The second kappa shape index (κ2) is 5.44. The van der Waals surface area contributed by atoms with Crippen molar-refractivity contribution >= 4 is 18.0 Å². The molecule has 3 aliphatic heterocycles. The number of imide groups is 1. The first kappa shape index (κ1) is 20.1. The molecule has 0 aromatic rings. The molecule has 8 nitrogen and oxygen atoms in total.